The quantitative estimate of drug-likeness (QED) is 0.360. The van der Waals surface area contributed by atoms with E-state index in [0.717, 1.165) is 0 Å². The second-order valence-electron chi connectivity index (χ2n) is 1.91. The van der Waals surface area contributed by atoms with Gasteiger partial charge in [0.2, 0.25) is 6.19 Å². The molecule has 4 heteroatoms. The summed E-state index contributed by atoms with van der Waals surface area (Å²) >= 11 is 9.40. The molecule has 2 rings (SSSR count). The third-order valence-electron chi connectivity index (χ3n) is 1.29. The first-order valence-electron chi connectivity index (χ1n) is 2.86. The average Bonchev–Trinajstić information content (AvgIpc) is 1.98. The predicted molar refractivity (Wildman–Crippen MR) is 44.6 cm³/mol. The number of hydrogen-bond acceptors (Lipinski definition) is 2. The first-order chi connectivity index (χ1) is 5.24. The van der Waals surface area contributed by atoms with Crippen molar-refractivity contribution < 1.29 is 0 Å². The summed E-state index contributed by atoms with van der Waals surface area (Å²) in [6.45, 7) is 0. The Kier molecular flexibility index (Phi) is 2.58. The number of nitrogens with zero attached hydrogens (tertiary/aromatic N) is 2. The van der Waals surface area contributed by atoms with Crippen LogP contribution in [0.25, 0.3) is 11.1 Å². The van der Waals surface area contributed by atoms with E-state index >= 15 is 0 Å². The predicted octanol–water partition coefficient (Wildman–Crippen LogP) is 2.74. The van der Waals surface area contributed by atoms with Crippen LogP contribution in [0, 0.1) is 11.5 Å². The molecule has 0 atom stereocenters. The van der Waals surface area contributed by atoms with Gasteiger partial charge in [-0.1, -0.05) is 24.3 Å². The van der Waals surface area contributed by atoms with Crippen LogP contribution in [0.2, 0.25) is 0 Å². The van der Waals surface area contributed by atoms with Crippen molar-refractivity contribution in [1.29, 1.82) is 5.26 Å². The SMILES string of the molecule is N#CN(Cl)Cl.c1cc2ccc1-2. The molecular formula is C7H4Cl2N2. The van der Waals surface area contributed by atoms with E-state index in [-0.39, 0.29) is 0 Å². The monoisotopic (exact) mass is 186 g/mol. The lowest BCUT2D eigenvalue weighted by Gasteiger charge is -2.10. The molecule has 11 heavy (non-hydrogen) atoms. The van der Waals surface area contributed by atoms with Crippen LogP contribution in [0.15, 0.2) is 24.3 Å². The van der Waals surface area contributed by atoms with Crippen LogP contribution in [0.4, 0.5) is 0 Å². The molecule has 0 aliphatic heterocycles. The lowest BCUT2D eigenvalue weighted by molar-refractivity contribution is 1.01. The van der Waals surface area contributed by atoms with Crippen LogP contribution in [0.3, 0.4) is 0 Å². The highest BCUT2D eigenvalue weighted by atomic mass is 35.5. The molecule has 0 radical (unpaired) electrons. The fraction of sp³-hybridized carbons (Fsp3) is 0. The molecule has 0 saturated heterocycles. The van der Waals surface area contributed by atoms with E-state index in [9.17, 15) is 0 Å². The van der Waals surface area contributed by atoms with Gasteiger partial charge in [-0.05, 0) is 11.1 Å². The Morgan fingerprint density at radius 1 is 1.09 bits per heavy atom. The molecule has 0 N–H and O–H groups in total. The zero-order valence-corrected chi connectivity index (χ0v) is 6.97. The van der Waals surface area contributed by atoms with Crippen LogP contribution >= 0.6 is 23.6 Å². The molecule has 0 spiro atoms. The standard InChI is InChI=1S/C6H4.CCl2N2/c1-2-6-4-3-5(1)6;2-5(3)1-4/h1-4H;. The summed E-state index contributed by atoms with van der Waals surface area (Å²) in [4.78, 5) is 0. The van der Waals surface area contributed by atoms with Gasteiger partial charge in [0.05, 0.1) is 0 Å². The normalized spacial score (nSPS) is 8.82. The van der Waals surface area contributed by atoms with E-state index in [2.05, 4.69) is 24.3 Å². The first kappa shape index (κ1) is 8.19. The highest BCUT2D eigenvalue weighted by Crippen LogP contribution is 2.29. The smallest absolute Gasteiger partial charge is 0.170 e. The molecule has 0 fully saturated rings. The van der Waals surface area contributed by atoms with Crippen molar-refractivity contribution in [2.45, 2.75) is 0 Å². The number of nitriles is 1. The Labute approximate surface area is 74.8 Å². The van der Waals surface area contributed by atoms with Crippen LogP contribution < -0.4 is 0 Å². The zero-order valence-electron chi connectivity index (χ0n) is 5.46. The molecule has 0 amide bonds. The maximum atomic E-state index is 7.56. The van der Waals surface area contributed by atoms with Crippen molar-refractivity contribution in [3.05, 3.63) is 24.3 Å². The molecule has 0 heterocycles. The van der Waals surface area contributed by atoms with Gasteiger partial charge in [0.25, 0.3) is 0 Å². The van der Waals surface area contributed by atoms with Crippen molar-refractivity contribution >= 4 is 23.6 Å². The van der Waals surface area contributed by atoms with Gasteiger partial charge in [-0.3, -0.25) is 0 Å². The molecule has 0 saturated carbocycles. The van der Waals surface area contributed by atoms with Crippen molar-refractivity contribution in [2.24, 2.45) is 0 Å². The highest BCUT2D eigenvalue weighted by Gasteiger charge is 2.03. The second kappa shape index (κ2) is 3.47. The third kappa shape index (κ3) is 2.01. The lowest BCUT2D eigenvalue weighted by atomic mass is 9.95. The van der Waals surface area contributed by atoms with E-state index in [1.807, 2.05) is 0 Å². The summed E-state index contributed by atoms with van der Waals surface area (Å²) in [5.74, 6) is 0. The summed E-state index contributed by atoms with van der Waals surface area (Å²) in [6.07, 6.45) is 1.39. The maximum Gasteiger partial charge on any atom is 0.212 e. The lowest BCUT2D eigenvalue weighted by Crippen LogP contribution is -1.85. The van der Waals surface area contributed by atoms with Gasteiger partial charge >= 0.3 is 0 Å². The Balaban J connectivity index is 0.000000114. The minimum Gasteiger partial charge on any atom is -0.170 e. The van der Waals surface area contributed by atoms with Crippen LogP contribution in [0.1, 0.15) is 0 Å². The fourth-order valence-electron chi connectivity index (χ4n) is 0.663. The van der Waals surface area contributed by atoms with Crippen LogP contribution in [-0.4, -0.2) is 3.94 Å². The number of benzene rings is 1. The number of rotatable bonds is 0. The van der Waals surface area contributed by atoms with Gasteiger partial charge in [0, 0.05) is 23.6 Å². The van der Waals surface area contributed by atoms with E-state index in [1.54, 1.807) is 0 Å². The molecule has 2 aliphatic carbocycles. The summed E-state index contributed by atoms with van der Waals surface area (Å²) in [7, 11) is 0. The topological polar surface area (TPSA) is 27.0 Å². The van der Waals surface area contributed by atoms with Crippen molar-refractivity contribution in [3.63, 3.8) is 0 Å². The molecule has 0 bridgehead atoms. The second-order valence-corrected chi connectivity index (χ2v) is 2.76. The van der Waals surface area contributed by atoms with Crippen LogP contribution in [-0.2, 0) is 0 Å². The molecule has 0 unspecified atom stereocenters. The van der Waals surface area contributed by atoms with E-state index < -0.39 is 0 Å². The summed E-state index contributed by atoms with van der Waals surface area (Å²) < 4.78 is 0.375. The van der Waals surface area contributed by atoms with Crippen molar-refractivity contribution in [2.75, 3.05) is 0 Å². The molecule has 0 aromatic carbocycles. The number of hydrogen-bond donors (Lipinski definition) is 0. The highest BCUT2D eigenvalue weighted by molar-refractivity contribution is 6.34. The zero-order chi connectivity index (χ0) is 8.27. The van der Waals surface area contributed by atoms with Gasteiger partial charge in [-0.15, -0.1) is 3.94 Å². The summed E-state index contributed by atoms with van der Waals surface area (Å²) in [5.41, 5.74) is 2.85. The fourth-order valence-corrected chi connectivity index (χ4v) is 0.663. The van der Waals surface area contributed by atoms with Crippen molar-refractivity contribution in [3.8, 4) is 17.3 Å². The Bertz CT molecular complexity index is 252. The average molecular weight is 187 g/mol. The van der Waals surface area contributed by atoms with E-state index in [4.69, 9.17) is 28.8 Å². The molecule has 0 aromatic heterocycles. The van der Waals surface area contributed by atoms with Crippen molar-refractivity contribution in [1.82, 2.24) is 3.94 Å². The summed E-state index contributed by atoms with van der Waals surface area (Å²) in [5, 5.41) is 7.56. The van der Waals surface area contributed by atoms with E-state index in [1.165, 1.54) is 17.3 Å². The Hall–Kier alpha value is -0.910. The molecule has 2 aliphatic rings. The van der Waals surface area contributed by atoms with Gasteiger partial charge in [0.15, 0.2) is 0 Å². The Morgan fingerprint density at radius 3 is 1.36 bits per heavy atom. The molecular weight excluding hydrogens is 183 g/mol. The van der Waals surface area contributed by atoms with Crippen LogP contribution in [0.5, 0.6) is 0 Å². The number of halogens is 2. The van der Waals surface area contributed by atoms with Gasteiger partial charge in [0.1, 0.15) is 0 Å². The minimum atomic E-state index is 0.375. The number of fused-ring (bicyclic) bond motifs is 1. The molecule has 56 valence electrons. The third-order valence-corrected chi connectivity index (χ3v) is 1.45. The molecule has 2 nitrogen and oxygen atoms in total. The van der Waals surface area contributed by atoms with Gasteiger partial charge < -0.3 is 0 Å². The molecule has 0 aromatic rings. The van der Waals surface area contributed by atoms with Gasteiger partial charge in [-0.25, -0.2) is 0 Å². The summed E-state index contributed by atoms with van der Waals surface area (Å²) in [6, 6.07) is 8.48. The Morgan fingerprint density at radius 2 is 1.36 bits per heavy atom. The first-order valence-corrected chi connectivity index (χ1v) is 3.53. The van der Waals surface area contributed by atoms with E-state index in [0.29, 0.717) is 3.94 Å². The van der Waals surface area contributed by atoms with Gasteiger partial charge in [-0.2, -0.15) is 5.26 Å². The maximum absolute atomic E-state index is 7.56. The largest absolute Gasteiger partial charge is 0.212 e. The minimum absolute atomic E-state index is 0.375.